The molecule has 0 aliphatic heterocycles. The number of carbonyl (C=O) groups excluding carboxylic acids is 1. The highest BCUT2D eigenvalue weighted by Gasteiger charge is 2.13. The summed E-state index contributed by atoms with van der Waals surface area (Å²) in [6.07, 6.45) is 2.78. The molecule has 8 nitrogen and oxygen atoms in total. The molecule has 2 aromatic heterocycles. The number of hydrogen-bond donors (Lipinski definition) is 4. The monoisotopic (exact) mass is 254 g/mol. The minimum atomic E-state index is -1.20. The zero-order chi connectivity index (χ0) is 13.4. The van der Waals surface area contributed by atoms with Gasteiger partial charge < -0.3 is 25.1 Å². The van der Waals surface area contributed by atoms with Gasteiger partial charge in [0.2, 0.25) is 0 Å². The molecule has 0 unspecified atom stereocenters. The zero-order valence-corrected chi connectivity index (χ0v) is 9.47. The van der Waals surface area contributed by atoms with Gasteiger partial charge in [-0.3, -0.25) is 0 Å². The maximum atomic E-state index is 9.68. The Balaban J connectivity index is 0.000000180. The molecule has 0 saturated carbocycles. The smallest absolute Gasteiger partial charge is 0.180 e. The predicted octanol–water partition coefficient (Wildman–Crippen LogP) is -1.36. The number of aliphatic hydroxyl groups is 3. The molecule has 18 heavy (non-hydrogen) atoms. The third-order valence-corrected chi connectivity index (χ3v) is 2.07. The number of hydrogen-bond acceptors (Lipinski definition) is 7. The van der Waals surface area contributed by atoms with Gasteiger partial charge in [0.15, 0.2) is 5.65 Å². The second kappa shape index (κ2) is 7.43. The summed E-state index contributed by atoms with van der Waals surface area (Å²) >= 11 is 0. The summed E-state index contributed by atoms with van der Waals surface area (Å²) in [5, 5.41) is 25.5. The van der Waals surface area contributed by atoms with Gasteiger partial charge in [0.25, 0.3) is 0 Å². The molecule has 2 aromatic rings. The molecular weight excluding hydrogens is 240 g/mol. The van der Waals surface area contributed by atoms with Gasteiger partial charge >= 0.3 is 0 Å². The molecule has 2 atom stereocenters. The minimum Gasteiger partial charge on any atom is -0.394 e. The summed E-state index contributed by atoms with van der Waals surface area (Å²) in [6.45, 7) is -0.519. The van der Waals surface area contributed by atoms with Crippen molar-refractivity contribution in [1.29, 1.82) is 0 Å². The van der Waals surface area contributed by atoms with Crippen molar-refractivity contribution in [2.75, 3.05) is 6.61 Å². The van der Waals surface area contributed by atoms with Crippen LogP contribution in [0.25, 0.3) is 11.2 Å². The normalized spacial score (nSPS) is 13.5. The average Bonchev–Trinajstić information content (AvgIpc) is 2.87. The van der Waals surface area contributed by atoms with Crippen LogP contribution in [0.5, 0.6) is 0 Å². The number of fused-ring (bicyclic) bond motifs is 1. The van der Waals surface area contributed by atoms with Crippen molar-refractivity contribution in [3.05, 3.63) is 18.9 Å². The maximum Gasteiger partial charge on any atom is 0.180 e. The van der Waals surface area contributed by atoms with E-state index in [1.54, 1.807) is 12.5 Å². The molecular formula is C10H14N4O4. The summed E-state index contributed by atoms with van der Waals surface area (Å²) in [5.41, 5.74) is 1.59. The van der Waals surface area contributed by atoms with Crippen LogP contribution in [-0.2, 0) is 4.79 Å². The number of rotatable bonds is 4. The van der Waals surface area contributed by atoms with Crippen molar-refractivity contribution in [3.8, 4) is 0 Å². The van der Waals surface area contributed by atoms with E-state index in [0.717, 1.165) is 5.52 Å². The number of aromatic nitrogens is 4. The van der Waals surface area contributed by atoms with Crippen LogP contribution in [0.1, 0.15) is 6.42 Å². The molecule has 0 fully saturated rings. The number of imidazole rings is 1. The van der Waals surface area contributed by atoms with Crippen molar-refractivity contribution >= 4 is 17.5 Å². The van der Waals surface area contributed by atoms with Gasteiger partial charge in [0.1, 0.15) is 24.2 Å². The van der Waals surface area contributed by atoms with Gasteiger partial charge in [-0.2, -0.15) is 0 Å². The van der Waals surface area contributed by atoms with Crippen LogP contribution >= 0.6 is 0 Å². The lowest BCUT2D eigenvalue weighted by molar-refractivity contribution is -0.111. The first-order valence-electron chi connectivity index (χ1n) is 5.18. The van der Waals surface area contributed by atoms with E-state index in [1.165, 1.54) is 6.33 Å². The highest BCUT2D eigenvalue weighted by Crippen LogP contribution is 1.99. The average molecular weight is 254 g/mol. The van der Waals surface area contributed by atoms with E-state index in [2.05, 4.69) is 19.9 Å². The zero-order valence-electron chi connectivity index (χ0n) is 9.47. The molecule has 2 rings (SSSR count). The SMILES string of the molecule is O=CC[C@H](O)[C@H](O)CO.c1ncc2[nH]cnc2n1. The molecule has 0 radical (unpaired) electrons. The van der Waals surface area contributed by atoms with Crippen molar-refractivity contribution in [1.82, 2.24) is 19.9 Å². The number of nitrogens with zero attached hydrogens (tertiary/aromatic N) is 3. The van der Waals surface area contributed by atoms with E-state index in [9.17, 15) is 4.79 Å². The van der Waals surface area contributed by atoms with Gasteiger partial charge in [-0.05, 0) is 0 Å². The summed E-state index contributed by atoms with van der Waals surface area (Å²) in [4.78, 5) is 24.2. The quantitative estimate of drug-likeness (QED) is 0.495. The van der Waals surface area contributed by atoms with Crippen LogP contribution in [0.15, 0.2) is 18.9 Å². The van der Waals surface area contributed by atoms with Crippen molar-refractivity contribution < 1.29 is 20.1 Å². The highest BCUT2D eigenvalue weighted by atomic mass is 16.4. The van der Waals surface area contributed by atoms with Gasteiger partial charge in [0.05, 0.1) is 25.2 Å². The van der Waals surface area contributed by atoms with Crippen LogP contribution < -0.4 is 0 Å². The summed E-state index contributed by atoms with van der Waals surface area (Å²) < 4.78 is 0. The van der Waals surface area contributed by atoms with Crippen molar-refractivity contribution in [2.45, 2.75) is 18.6 Å². The predicted molar refractivity (Wildman–Crippen MR) is 61.5 cm³/mol. The first kappa shape index (κ1) is 14.2. The van der Waals surface area contributed by atoms with Crippen LogP contribution in [0.4, 0.5) is 0 Å². The highest BCUT2D eigenvalue weighted by molar-refractivity contribution is 5.67. The lowest BCUT2D eigenvalue weighted by Crippen LogP contribution is -2.29. The Morgan fingerprint density at radius 1 is 1.33 bits per heavy atom. The van der Waals surface area contributed by atoms with Crippen molar-refractivity contribution in [3.63, 3.8) is 0 Å². The van der Waals surface area contributed by atoms with E-state index in [1.807, 2.05) is 0 Å². The number of aromatic amines is 1. The Labute approximate surface area is 102 Å². The second-order valence-electron chi connectivity index (χ2n) is 3.38. The van der Waals surface area contributed by atoms with Gasteiger partial charge in [-0.25, -0.2) is 15.0 Å². The fourth-order valence-corrected chi connectivity index (χ4v) is 1.07. The molecule has 0 aliphatic carbocycles. The molecule has 0 spiro atoms. The molecule has 0 bridgehead atoms. The number of nitrogens with one attached hydrogen (secondary N) is 1. The molecule has 0 saturated heterocycles. The van der Waals surface area contributed by atoms with Crippen LogP contribution in [0.2, 0.25) is 0 Å². The third kappa shape index (κ3) is 4.17. The minimum absolute atomic E-state index is 0.137. The van der Waals surface area contributed by atoms with E-state index in [4.69, 9.17) is 15.3 Å². The number of carbonyl (C=O) groups is 1. The maximum absolute atomic E-state index is 9.68. The number of H-pyrrole nitrogens is 1. The molecule has 98 valence electrons. The Morgan fingerprint density at radius 2 is 2.11 bits per heavy atom. The summed E-state index contributed by atoms with van der Waals surface area (Å²) in [7, 11) is 0. The molecule has 0 aliphatic rings. The Kier molecular flexibility index (Phi) is 5.85. The second-order valence-corrected chi connectivity index (χ2v) is 3.38. The summed E-state index contributed by atoms with van der Waals surface area (Å²) in [6, 6.07) is 0. The topological polar surface area (TPSA) is 132 Å². The van der Waals surface area contributed by atoms with E-state index in [0.29, 0.717) is 11.9 Å². The molecule has 2 heterocycles. The molecule has 4 N–H and O–H groups in total. The first-order valence-corrected chi connectivity index (χ1v) is 5.18. The third-order valence-electron chi connectivity index (χ3n) is 2.07. The number of aliphatic hydroxyl groups excluding tert-OH is 3. The van der Waals surface area contributed by atoms with Crippen LogP contribution in [-0.4, -0.2) is 60.4 Å². The van der Waals surface area contributed by atoms with E-state index >= 15 is 0 Å². The van der Waals surface area contributed by atoms with Gasteiger partial charge in [-0.15, -0.1) is 0 Å². The van der Waals surface area contributed by atoms with Gasteiger partial charge in [-0.1, -0.05) is 0 Å². The molecule has 0 aromatic carbocycles. The largest absolute Gasteiger partial charge is 0.394 e. The molecule has 0 amide bonds. The number of aldehydes is 1. The fourth-order valence-electron chi connectivity index (χ4n) is 1.07. The Hall–Kier alpha value is -1.90. The lowest BCUT2D eigenvalue weighted by Gasteiger charge is -2.11. The molecule has 8 heteroatoms. The first-order chi connectivity index (χ1) is 8.69. The standard InChI is InChI=1S/C5H4N4.C5H10O4/c1-4-5(8-2-6-1)9-3-7-4;6-2-1-4(8)5(9)3-7/h1-3H,(H,6,7,8,9);2,4-5,7-9H,1,3H2/t;4-,5+/m.0/s1. The lowest BCUT2D eigenvalue weighted by atomic mass is 10.2. The van der Waals surface area contributed by atoms with Crippen LogP contribution in [0.3, 0.4) is 0 Å². The Morgan fingerprint density at radius 3 is 2.72 bits per heavy atom. The van der Waals surface area contributed by atoms with Crippen LogP contribution in [0, 0.1) is 0 Å². The summed E-state index contributed by atoms with van der Waals surface area (Å²) in [5.74, 6) is 0. The van der Waals surface area contributed by atoms with E-state index in [-0.39, 0.29) is 6.42 Å². The van der Waals surface area contributed by atoms with E-state index < -0.39 is 18.8 Å². The van der Waals surface area contributed by atoms with Crippen molar-refractivity contribution in [2.24, 2.45) is 0 Å². The Bertz CT molecular complexity index is 445. The van der Waals surface area contributed by atoms with Gasteiger partial charge in [0, 0.05) is 6.42 Å². The fraction of sp³-hybridized carbons (Fsp3) is 0.400.